The Bertz CT molecular complexity index is 1330. The standard InChI is InChI=1S/C28H29FN2O4/c1-32-24-8-7-23(17-26(24)33-2)31-11-9-30(10-12-31)18-19-13-21-16-25(20-5-4-6-22(29)15-20)35-28(21)27(14-19)34-3/h4-8,13-17H,9-12,18H2,1-3H3. The molecule has 182 valence electrons. The third-order valence-electron chi connectivity index (χ3n) is 6.48. The predicted molar refractivity (Wildman–Crippen MR) is 135 cm³/mol. The van der Waals surface area contributed by atoms with Gasteiger partial charge in [0.25, 0.3) is 0 Å². The molecule has 7 heteroatoms. The van der Waals surface area contributed by atoms with Crippen LogP contribution in [-0.2, 0) is 6.54 Å². The average molecular weight is 477 g/mol. The van der Waals surface area contributed by atoms with Crippen molar-refractivity contribution in [1.29, 1.82) is 0 Å². The molecule has 1 saturated heterocycles. The lowest BCUT2D eigenvalue weighted by Crippen LogP contribution is -2.45. The van der Waals surface area contributed by atoms with Crippen LogP contribution in [0.4, 0.5) is 10.1 Å². The molecule has 0 aliphatic carbocycles. The number of anilines is 1. The molecule has 0 unspecified atom stereocenters. The zero-order chi connectivity index (χ0) is 24.4. The van der Waals surface area contributed by atoms with Crippen molar-refractivity contribution in [2.75, 3.05) is 52.4 Å². The van der Waals surface area contributed by atoms with Crippen LogP contribution in [0.3, 0.4) is 0 Å². The van der Waals surface area contributed by atoms with E-state index in [1.807, 2.05) is 30.3 Å². The summed E-state index contributed by atoms with van der Waals surface area (Å²) in [6, 6.07) is 18.6. The fourth-order valence-corrected chi connectivity index (χ4v) is 4.65. The first kappa shape index (κ1) is 23.1. The summed E-state index contributed by atoms with van der Waals surface area (Å²) in [5, 5.41) is 0.947. The third kappa shape index (κ3) is 4.77. The van der Waals surface area contributed by atoms with Gasteiger partial charge in [-0.25, -0.2) is 4.39 Å². The molecule has 0 saturated carbocycles. The van der Waals surface area contributed by atoms with Gasteiger partial charge in [-0.2, -0.15) is 0 Å². The second-order valence-corrected chi connectivity index (χ2v) is 8.64. The molecule has 1 fully saturated rings. The lowest BCUT2D eigenvalue weighted by atomic mass is 10.1. The zero-order valence-corrected chi connectivity index (χ0v) is 20.2. The lowest BCUT2D eigenvalue weighted by Gasteiger charge is -2.36. The number of furan rings is 1. The maximum absolute atomic E-state index is 13.7. The van der Waals surface area contributed by atoms with Gasteiger partial charge in [0.2, 0.25) is 0 Å². The van der Waals surface area contributed by atoms with Gasteiger partial charge in [-0.15, -0.1) is 0 Å². The Morgan fingerprint density at radius 1 is 0.800 bits per heavy atom. The van der Waals surface area contributed by atoms with Crippen molar-refractivity contribution >= 4 is 16.7 Å². The Labute approximate surface area is 204 Å². The number of benzene rings is 3. The Morgan fingerprint density at radius 2 is 1.57 bits per heavy atom. The maximum Gasteiger partial charge on any atom is 0.176 e. The second-order valence-electron chi connectivity index (χ2n) is 8.64. The van der Waals surface area contributed by atoms with Crippen molar-refractivity contribution < 1.29 is 23.0 Å². The van der Waals surface area contributed by atoms with Gasteiger partial charge >= 0.3 is 0 Å². The molecule has 0 amide bonds. The minimum atomic E-state index is -0.289. The van der Waals surface area contributed by atoms with Gasteiger partial charge in [-0.05, 0) is 48.0 Å². The topological polar surface area (TPSA) is 47.3 Å². The van der Waals surface area contributed by atoms with E-state index in [-0.39, 0.29) is 5.82 Å². The van der Waals surface area contributed by atoms with Gasteiger partial charge in [0.15, 0.2) is 22.8 Å². The predicted octanol–water partition coefficient (Wildman–Crippen LogP) is 5.59. The van der Waals surface area contributed by atoms with Gasteiger partial charge in [-0.3, -0.25) is 4.90 Å². The number of fused-ring (bicyclic) bond motifs is 1. The van der Waals surface area contributed by atoms with E-state index in [2.05, 4.69) is 21.9 Å². The first-order chi connectivity index (χ1) is 17.1. The highest BCUT2D eigenvalue weighted by Crippen LogP contribution is 2.36. The molecule has 35 heavy (non-hydrogen) atoms. The fourth-order valence-electron chi connectivity index (χ4n) is 4.65. The largest absolute Gasteiger partial charge is 0.493 e. The fraction of sp³-hybridized carbons (Fsp3) is 0.286. The molecule has 1 aromatic heterocycles. The maximum atomic E-state index is 13.7. The van der Waals surface area contributed by atoms with E-state index in [1.54, 1.807) is 27.4 Å². The van der Waals surface area contributed by atoms with E-state index in [0.29, 0.717) is 22.7 Å². The molecule has 0 spiro atoms. The van der Waals surface area contributed by atoms with Crippen LogP contribution in [0.5, 0.6) is 17.2 Å². The van der Waals surface area contributed by atoms with Gasteiger partial charge in [0.1, 0.15) is 11.6 Å². The molecule has 1 aliphatic rings. The number of hydrogen-bond donors (Lipinski definition) is 0. The van der Waals surface area contributed by atoms with Crippen molar-refractivity contribution in [3.63, 3.8) is 0 Å². The van der Waals surface area contributed by atoms with Crippen LogP contribution in [0.2, 0.25) is 0 Å². The summed E-state index contributed by atoms with van der Waals surface area (Å²) in [5.41, 5.74) is 3.67. The van der Waals surface area contributed by atoms with E-state index < -0.39 is 0 Å². The lowest BCUT2D eigenvalue weighted by molar-refractivity contribution is 0.249. The number of methoxy groups -OCH3 is 3. The van der Waals surface area contributed by atoms with Crippen LogP contribution in [0.1, 0.15) is 5.56 Å². The molecule has 5 rings (SSSR count). The van der Waals surface area contributed by atoms with E-state index in [1.165, 1.54) is 12.1 Å². The summed E-state index contributed by atoms with van der Waals surface area (Å²) in [6.45, 7) is 4.53. The summed E-state index contributed by atoms with van der Waals surface area (Å²) >= 11 is 0. The number of nitrogens with zero attached hydrogens (tertiary/aromatic N) is 2. The molecule has 0 N–H and O–H groups in total. The van der Waals surface area contributed by atoms with Gasteiger partial charge < -0.3 is 23.5 Å². The summed E-state index contributed by atoms with van der Waals surface area (Å²) in [6.07, 6.45) is 0. The minimum Gasteiger partial charge on any atom is -0.493 e. The monoisotopic (exact) mass is 476 g/mol. The van der Waals surface area contributed by atoms with E-state index >= 15 is 0 Å². The third-order valence-corrected chi connectivity index (χ3v) is 6.48. The zero-order valence-electron chi connectivity index (χ0n) is 20.2. The Kier molecular flexibility index (Phi) is 6.51. The number of ether oxygens (including phenoxy) is 3. The average Bonchev–Trinajstić information content (AvgIpc) is 3.32. The van der Waals surface area contributed by atoms with Crippen LogP contribution in [0.15, 0.2) is 65.1 Å². The number of halogens is 1. The summed E-state index contributed by atoms with van der Waals surface area (Å²) in [5.74, 6) is 2.50. The Morgan fingerprint density at radius 3 is 2.29 bits per heavy atom. The molecule has 0 radical (unpaired) electrons. The second kappa shape index (κ2) is 9.88. The highest BCUT2D eigenvalue weighted by atomic mass is 19.1. The minimum absolute atomic E-state index is 0.289. The van der Waals surface area contributed by atoms with Crippen molar-refractivity contribution in [2.45, 2.75) is 6.54 Å². The first-order valence-corrected chi connectivity index (χ1v) is 11.6. The van der Waals surface area contributed by atoms with Crippen LogP contribution in [0, 0.1) is 5.82 Å². The molecule has 1 aliphatic heterocycles. The van der Waals surface area contributed by atoms with Crippen molar-refractivity contribution in [1.82, 2.24) is 4.90 Å². The Balaban J connectivity index is 1.30. The number of hydrogen-bond acceptors (Lipinski definition) is 6. The van der Waals surface area contributed by atoms with E-state index in [4.69, 9.17) is 18.6 Å². The molecule has 6 nitrogen and oxygen atoms in total. The van der Waals surface area contributed by atoms with Crippen molar-refractivity contribution in [3.05, 3.63) is 72.0 Å². The normalized spacial score (nSPS) is 14.3. The summed E-state index contributed by atoms with van der Waals surface area (Å²) in [4.78, 5) is 4.80. The van der Waals surface area contributed by atoms with Crippen molar-refractivity contribution in [2.24, 2.45) is 0 Å². The van der Waals surface area contributed by atoms with E-state index in [9.17, 15) is 4.39 Å². The molecule has 4 aromatic rings. The summed E-state index contributed by atoms with van der Waals surface area (Å²) < 4.78 is 36.2. The van der Waals surface area contributed by atoms with E-state index in [0.717, 1.165) is 60.9 Å². The molecule has 0 bridgehead atoms. The first-order valence-electron chi connectivity index (χ1n) is 11.6. The smallest absolute Gasteiger partial charge is 0.176 e. The summed E-state index contributed by atoms with van der Waals surface area (Å²) in [7, 11) is 4.95. The van der Waals surface area contributed by atoms with Gasteiger partial charge in [0.05, 0.1) is 21.3 Å². The SMILES string of the molecule is COc1ccc(N2CCN(Cc3cc(OC)c4oc(-c5cccc(F)c5)cc4c3)CC2)cc1OC. The molecule has 2 heterocycles. The van der Waals surface area contributed by atoms with Gasteiger partial charge in [0, 0.05) is 55.4 Å². The van der Waals surface area contributed by atoms with Crippen LogP contribution >= 0.6 is 0 Å². The number of rotatable bonds is 7. The van der Waals surface area contributed by atoms with Crippen LogP contribution < -0.4 is 19.1 Å². The number of piperazine rings is 1. The quantitative estimate of drug-likeness (QED) is 0.347. The van der Waals surface area contributed by atoms with Gasteiger partial charge in [-0.1, -0.05) is 12.1 Å². The van der Waals surface area contributed by atoms with Crippen LogP contribution in [-0.4, -0.2) is 52.4 Å². The molecule has 0 atom stereocenters. The molecular weight excluding hydrogens is 447 g/mol. The highest BCUT2D eigenvalue weighted by Gasteiger charge is 2.20. The van der Waals surface area contributed by atoms with Crippen LogP contribution in [0.25, 0.3) is 22.3 Å². The molecule has 3 aromatic carbocycles. The highest BCUT2D eigenvalue weighted by molar-refractivity contribution is 5.88. The Hall–Kier alpha value is -3.71. The van der Waals surface area contributed by atoms with Crippen molar-refractivity contribution in [3.8, 4) is 28.6 Å². The molecular formula is C28H29FN2O4.